The Kier molecular flexibility index (Phi) is 7.58. The van der Waals surface area contributed by atoms with Crippen LogP contribution in [0, 0.1) is 0 Å². The van der Waals surface area contributed by atoms with Gasteiger partial charge in [-0.2, -0.15) is 0 Å². The fraction of sp³-hybridized carbons (Fsp3) is 0.0351. The van der Waals surface area contributed by atoms with Gasteiger partial charge >= 0.3 is 0 Å². The molecule has 0 saturated carbocycles. The lowest BCUT2D eigenvalue weighted by Crippen LogP contribution is -2.00. The summed E-state index contributed by atoms with van der Waals surface area (Å²) in [5, 5.41) is 7.23. The van der Waals surface area contributed by atoms with Crippen LogP contribution in [0.1, 0.15) is 17.9 Å². The summed E-state index contributed by atoms with van der Waals surface area (Å²) in [6.07, 6.45) is 7.42. The van der Waals surface area contributed by atoms with E-state index >= 15 is 0 Å². The van der Waals surface area contributed by atoms with Crippen molar-refractivity contribution in [3.05, 3.63) is 205 Å². The van der Waals surface area contributed by atoms with Crippen LogP contribution in [0.3, 0.4) is 0 Å². The van der Waals surface area contributed by atoms with Crippen LogP contribution in [0.4, 0.5) is 0 Å². The standard InChI is InChI=1S/C57H35N5OS/c1-3-13-34(14-4-1)55-58-56(35-15-5-2-6-16-35)60-57(59-55)36-23-27-53-45(29-36)46-31-38(25-28-54(46)64-53)61-47-20-10-7-17-39(47)42-30-37(24-26-49(42)61)62-48-21-11-8-18-40(48)43-33-52-44(32-50(43)62)41-19-9-12-22-51(41)63-52/h1-18,20-33,41H,19H2. The number of fused-ring (bicyclic) bond motifs is 12. The SMILES string of the molecule is C1=CCC2C(=C1)Oc1cc3c4ccccc4n(-c4ccc5c(c4)c4ccccc4n5-c4ccc5sc6ccc(-c7nc(-c8ccccc8)nc(-c8ccccc8)n7)cc6c5c4)c3cc12. The molecule has 8 aromatic carbocycles. The van der Waals surface area contributed by atoms with Gasteiger partial charge in [0.15, 0.2) is 17.5 Å². The summed E-state index contributed by atoms with van der Waals surface area (Å²) in [5.41, 5.74) is 11.1. The molecule has 0 radical (unpaired) electrons. The molecule has 2 aliphatic rings. The third kappa shape index (κ3) is 5.34. The summed E-state index contributed by atoms with van der Waals surface area (Å²) >= 11 is 1.81. The van der Waals surface area contributed by atoms with Crippen molar-refractivity contribution in [2.75, 3.05) is 0 Å². The van der Waals surface area contributed by atoms with E-state index in [0.717, 1.165) is 51.5 Å². The van der Waals surface area contributed by atoms with Crippen molar-refractivity contribution >= 4 is 75.1 Å². The van der Waals surface area contributed by atoms with Crippen molar-refractivity contribution in [3.63, 3.8) is 0 Å². The lowest BCUT2D eigenvalue weighted by Gasteiger charge is -2.12. The van der Waals surface area contributed by atoms with E-state index < -0.39 is 0 Å². The minimum atomic E-state index is 0.254. The Hall–Kier alpha value is -8.13. The summed E-state index contributed by atoms with van der Waals surface area (Å²) in [7, 11) is 0. The zero-order chi connectivity index (χ0) is 41.9. The Labute approximate surface area is 371 Å². The van der Waals surface area contributed by atoms with E-state index in [4.69, 9.17) is 19.7 Å². The predicted octanol–water partition coefficient (Wildman–Crippen LogP) is 14.8. The maximum atomic E-state index is 6.43. The van der Waals surface area contributed by atoms with Gasteiger partial charge in [-0.1, -0.05) is 109 Å². The van der Waals surface area contributed by atoms with E-state index in [0.29, 0.717) is 17.5 Å². The van der Waals surface area contributed by atoms with Crippen LogP contribution >= 0.6 is 11.3 Å². The molecule has 1 atom stereocenters. The first kappa shape index (κ1) is 35.5. The summed E-state index contributed by atoms with van der Waals surface area (Å²) in [4.78, 5) is 15.0. The third-order valence-corrected chi connectivity index (χ3v) is 14.3. The van der Waals surface area contributed by atoms with Crippen LogP contribution in [0.2, 0.25) is 0 Å². The Morgan fingerprint density at radius 1 is 0.453 bits per heavy atom. The number of rotatable bonds is 5. The first-order chi connectivity index (χ1) is 31.7. The summed E-state index contributed by atoms with van der Waals surface area (Å²) in [6, 6.07) is 62.9. The molecule has 5 heterocycles. The van der Waals surface area contributed by atoms with E-state index in [2.05, 4.69) is 143 Å². The van der Waals surface area contributed by atoms with Crippen molar-refractivity contribution in [2.24, 2.45) is 0 Å². The molecule has 14 rings (SSSR count). The highest BCUT2D eigenvalue weighted by molar-refractivity contribution is 7.25. The van der Waals surface area contributed by atoms with Gasteiger partial charge in [0.25, 0.3) is 0 Å². The van der Waals surface area contributed by atoms with Gasteiger partial charge in [-0.15, -0.1) is 11.3 Å². The Balaban J connectivity index is 0.922. The highest BCUT2D eigenvalue weighted by atomic mass is 32.1. The normalized spacial score (nSPS) is 14.5. The Bertz CT molecular complexity index is 3910. The van der Waals surface area contributed by atoms with Crippen molar-refractivity contribution in [3.8, 4) is 51.3 Å². The molecule has 64 heavy (non-hydrogen) atoms. The van der Waals surface area contributed by atoms with E-state index in [-0.39, 0.29) is 5.92 Å². The molecule has 0 N–H and O–H groups in total. The second-order valence-corrected chi connectivity index (χ2v) is 17.8. The van der Waals surface area contributed by atoms with Gasteiger partial charge in [0.1, 0.15) is 11.5 Å². The molecule has 0 spiro atoms. The molecule has 0 saturated heterocycles. The van der Waals surface area contributed by atoms with Crippen LogP contribution in [-0.4, -0.2) is 24.1 Å². The minimum Gasteiger partial charge on any atom is -0.461 e. The van der Waals surface area contributed by atoms with Crippen LogP contribution in [0.15, 0.2) is 200 Å². The van der Waals surface area contributed by atoms with Gasteiger partial charge in [0, 0.05) is 81.3 Å². The molecule has 1 aliphatic heterocycles. The highest BCUT2D eigenvalue weighted by Gasteiger charge is 2.31. The number of nitrogens with zero attached hydrogens (tertiary/aromatic N) is 5. The number of benzene rings is 8. The number of hydrogen-bond donors (Lipinski definition) is 0. The molecule has 0 fully saturated rings. The third-order valence-electron chi connectivity index (χ3n) is 13.1. The van der Waals surface area contributed by atoms with Crippen LogP contribution in [-0.2, 0) is 0 Å². The number of allylic oxidation sites excluding steroid dienone is 4. The van der Waals surface area contributed by atoms with E-state index in [1.807, 2.05) is 72.0 Å². The average Bonchev–Trinajstić information content (AvgIpc) is 4.10. The van der Waals surface area contributed by atoms with E-state index in [9.17, 15) is 0 Å². The smallest absolute Gasteiger partial charge is 0.164 e. The number of ether oxygens (including phenoxy) is 1. The first-order valence-electron chi connectivity index (χ1n) is 21.7. The molecule has 0 amide bonds. The molecule has 300 valence electrons. The molecule has 1 unspecified atom stereocenters. The molecule has 7 heteroatoms. The second kappa shape index (κ2) is 13.7. The fourth-order valence-electron chi connectivity index (χ4n) is 10.1. The first-order valence-corrected chi connectivity index (χ1v) is 22.5. The van der Waals surface area contributed by atoms with Gasteiger partial charge in [-0.3, -0.25) is 0 Å². The summed E-state index contributed by atoms with van der Waals surface area (Å²) in [6.45, 7) is 0. The largest absolute Gasteiger partial charge is 0.461 e. The average molecular weight is 838 g/mol. The fourth-order valence-corrected chi connectivity index (χ4v) is 11.2. The van der Waals surface area contributed by atoms with Crippen molar-refractivity contribution < 1.29 is 4.74 Å². The molecule has 12 aromatic rings. The number of thiophene rings is 1. The van der Waals surface area contributed by atoms with Gasteiger partial charge in [0.05, 0.1) is 22.1 Å². The number of hydrogen-bond acceptors (Lipinski definition) is 5. The lowest BCUT2D eigenvalue weighted by molar-refractivity contribution is 0.425. The van der Waals surface area contributed by atoms with Crippen molar-refractivity contribution in [2.45, 2.75) is 12.3 Å². The highest BCUT2D eigenvalue weighted by Crippen LogP contribution is 2.48. The van der Waals surface area contributed by atoms with E-state index in [1.54, 1.807) is 0 Å². The van der Waals surface area contributed by atoms with Gasteiger partial charge in [0.2, 0.25) is 0 Å². The zero-order valence-electron chi connectivity index (χ0n) is 34.3. The molecular weight excluding hydrogens is 803 g/mol. The quantitative estimate of drug-likeness (QED) is 0.173. The van der Waals surface area contributed by atoms with E-state index in [1.165, 1.54) is 63.8 Å². The lowest BCUT2D eigenvalue weighted by atomic mass is 9.92. The van der Waals surface area contributed by atoms with Gasteiger partial charge in [-0.25, -0.2) is 15.0 Å². The Morgan fingerprint density at radius 3 is 1.70 bits per heavy atom. The van der Waals surface area contributed by atoms with Crippen molar-refractivity contribution in [1.82, 2.24) is 24.1 Å². The van der Waals surface area contributed by atoms with Crippen LogP contribution in [0.5, 0.6) is 5.75 Å². The maximum Gasteiger partial charge on any atom is 0.164 e. The Morgan fingerprint density at radius 2 is 1.00 bits per heavy atom. The molecule has 4 aromatic heterocycles. The predicted molar refractivity (Wildman–Crippen MR) is 263 cm³/mol. The zero-order valence-corrected chi connectivity index (χ0v) is 35.1. The van der Waals surface area contributed by atoms with Crippen molar-refractivity contribution in [1.29, 1.82) is 0 Å². The number of para-hydroxylation sites is 2. The second-order valence-electron chi connectivity index (χ2n) is 16.7. The molecule has 6 nitrogen and oxygen atoms in total. The van der Waals surface area contributed by atoms with Gasteiger partial charge < -0.3 is 13.9 Å². The maximum absolute atomic E-state index is 6.43. The minimum absolute atomic E-state index is 0.254. The van der Waals surface area contributed by atoms with Gasteiger partial charge in [-0.05, 0) is 91.4 Å². The number of aromatic nitrogens is 5. The summed E-state index contributed by atoms with van der Waals surface area (Å²) < 4.78 is 13.8. The summed E-state index contributed by atoms with van der Waals surface area (Å²) in [5.74, 6) is 4.23. The van der Waals surface area contributed by atoms with Crippen LogP contribution in [0.25, 0.3) is 109 Å². The molecule has 1 aliphatic carbocycles. The topological polar surface area (TPSA) is 57.8 Å². The molecule has 0 bridgehead atoms. The van der Waals surface area contributed by atoms with Crippen LogP contribution < -0.4 is 4.74 Å². The molecular formula is C57H35N5OS. The monoisotopic (exact) mass is 837 g/mol.